The first-order chi connectivity index (χ1) is 9.81. The van der Waals surface area contributed by atoms with Crippen LogP contribution in [-0.4, -0.2) is 42.1 Å². The van der Waals surface area contributed by atoms with Crippen LogP contribution in [0, 0.1) is 0 Å². The fraction of sp³-hybridized carbons (Fsp3) is 0.500. The van der Waals surface area contributed by atoms with Crippen molar-refractivity contribution < 1.29 is 0 Å². The van der Waals surface area contributed by atoms with Crippen LogP contribution in [0.15, 0.2) is 18.7 Å². The number of rotatable bonds is 4. The van der Waals surface area contributed by atoms with E-state index in [2.05, 4.69) is 25.3 Å². The van der Waals surface area contributed by atoms with Gasteiger partial charge in [0.05, 0.1) is 0 Å². The Morgan fingerprint density at radius 1 is 1.35 bits per heavy atom. The number of nitrogens with two attached hydrogens (primary N) is 1. The van der Waals surface area contributed by atoms with Crippen LogP contribution in [0.4, 0.5) is 11.9 Å². The van der Waals surface area contributed by atoms with Crippen LogP contribution in [0.1, 0.15) is 19.3 Å². The third kappa shape index (κ3) is 3.19. The van der Waals surface area contributed by atoms with Gasteiger partial charge < -0.3 is 11.1 Å². The molecule has 1 atom stereocenters. The first-order valence-electron chi connectivity index (χ1n) is 6.66. The van der Waals surface area contributed by atoms with Crippen LogP contribution in [0.3, 0.4) is 0 Å². The molecule has 0 spiro atoms. The van der Waals surface area contributed by atoms with Gasteiger partial charge in [0.15, 0.2) is 0 Å². The van der Waals surface area contributed by atoms with E-state index in [1.807, 2.05) is 11.8 Å². The monoisotopic (exact) mass is 291 g/mol. The Labute approximate surface area is 121 Å². The smallest absolute Gasteiger partial charge is 0.241 e. The Balaban J connectivity index is 1.69. The van der Waals surface area contributed by atoms with E-state index in [4.69, 9.17) is 5.73 Å². The van der Waals surface area contributed by atoms with Crippen LogP contribution in [0.2, 0.25) is 0 Å². The van der Waals surface area contributed by atoms with Crippen molar-refractivity contribution in [1.82, 2.24) is 24.5 Å². The Kier molecular flexibility index (Phi) is 4.00. The number of nitrogens with one attached hydrogen (secondary N) is 1. The standard InChI is InChI=1S/C12H17N7S/c13-10-16-11(15-7-9-3-1-2-6-20-9)18-12(17-10)19-5-4-14-8-19/h4-5,8-9H,1-3,6-7H2,(H3,13,15,16,17,18). The second-order valence-electron chi connectivity index (χ2n) is 4.66. The zero-order valence-corrected chi connectivity index (χ0v) is 11.9. The lowest BCUT2D eigenvalue weighted by molar-refractivity contribution is 0.675. The van der Waals surface area contributed by atoms with E-state index in [1.165, 1.54) is 25.0 Å². The lowest BCUT2D eigenvalue weighted by Crippen LogP contribution is -2.21. The fourth-order valence-corrected chi connectivity index (χ4v) is 3.36. The number of nitrogens with zero attached hydrogens (tertiary/aromatic N) is 5. The molecule has 0 saturated carbocycles. The summed E-state index contributed by atoms with van der Waals surface area (Å²) in [6.07, 6.45) is 8.95. The maximum atomic E-state index is 5.73. The summed E-state index contributed by atoms with van der Waals surface area (Å²) >= 11 is 2.01. The van der Waals surface area contributed by atoms with Gasteiger partial charge in [-0.25, -0.2) is 4.98 Å². The predicted octanol–water partition coefficient (Wildman–Crippen LogP) is 1.34. The minimum Gasteiger partial charge on any atom is -0.368 e. The van der Waals surface area contributed by atoms with Crippen LogP contribution in [-0.2, 0) is 0 Å². The quantitative estimate of drug-likeness (QED) is 0.877. The van der Waals surface area contributed by atoms with Crippen molar-refractivity contribution in [1.29, 1.82) is 0 Å². The maximum absolute atomic E-state index is 5.73. The average Bonchev–Trinajstić information content (AvgIpc) is 3.00. The summed E-state index contributed by atoms with van der Waals surface area (Å²) in [4.78, 5) is 16.6. The number of hydrogen-bond donors (Lipinski definition) is 2. The zero-order valence-electron chi connectivity index (χ0n) is 11.1. The number of thioether (sulfide) groups is 1. The second-order valence-corrected chi connectivity index (χ2v) is 6.06. The van der Waals surface area contributed by atoms with Gasteiger partial charge in [-0.05, 0) is 18.6 Å². The first kappa shape index (κ1) is 13.2. The normalized spacial score (nSPS) is 18.9. The number of hydrogen-bond acceptors (Lipinski definition) is 7. The topological polar surface area (TPSA) is 94.5 Å². The van der Waals surface area contributed by atoms with Gasteiger partial charge in [-0.2, -0.15) is 26.7 Å². The largest absolute Gasteiger partial charge is 0.368 e. The minimum atomic E-state index is 0.211. The van der Waals surface area contributed by atoms with E-state index < -0.39 is 0 Å². The molecule has 7 nitrogen and oxygen atoms in total. The third-order valence-electron chi connectivity index (χ3n) is 3.14. The Bertz CT molecular complexity index is 551. The lowest BCUT2D eigenvalue weighted by Gasteiger charge is -2.21. The molecule has 2 aromatic heterocycles. The highest BCUT2D eigenvalue weighted by molar-refractivity contribution is 7.99. The number of imidazole rings is 1. The van der Waals surface area contributed by atoms with Crippen LogP contribution in [0.25, 0.3) is 5.95 Å². The molecule has 2 aromatic rings. The molecule has 1 aliphatic rings. The van der Waals surface area contributed by atoms with Crippen LogP contribution >= 0.6 is 11.8 Å². The summed E-state index contributed by atoms with van der Waals surface area (Å²) in [5, 5.41) is 3.88. The van der Waals surface area contributed by atoms with Gasteiger partial charge in [-0.1, -0.05) is 6.42 Å². The number of aromatic nitrogens is 5. The molecular formula is C12H17N7S. The van der Waals surface area contributed by atoms with Crippen molar-refractivity contribution in [3.05, 3.63) is 18.7 Å². The van der Waals surface area contributed by atoms with Crippen LogP contribution in [0.5, 0.6) is 0 Å². The van der Waals surface area contributed by atoms with Crippen molar-refractivity contribution in [2.24, 2.45) is 0 Å². The molecule has 3 N–H and O–H groups in total. The molecule has 8 heteroatoms. The zero-order chi connectivity index (χ0) is 13.8. The molecular weight excluding hydrogens is 274 g/mol. The summed E-state index contributed by atoms with van der Waals surface area (Å²) in [6.45, 7) is 0.859. The van der Waals surface area contributed by atoms with Gasteiger partial charge in [-0.3, -0.25) is 4.57 Å². The molecule has 0 amide bonds. The second kappa shape index (κ2) is 6.08. The molecule has 1 aliphatic heterocycles. The maximum Gasteiger partial charge on any atom is 0.241 e. The van der Waals surface area contributed by atoms with E-state index in [0.29, 0.717) is 17.1 Å². The molecule has 0 aliphatic carbocycles. The molecule has 1 unspecified atom stereocenters. The van der Waals surface area contributed by atoms with Crippen molar-refractivity contribution in [2.75, 3.05) is 23.3 Å². The summed E-state index contributed by atoms with van der Waals surface area (Å²) in [6, 6.07) is 0. The van der Waals surface area contributed by atoms with E-state index in [-0.39, 0.29) is 5.95 Å². The number of nitrogen functional groups attached to an aromatic ring is 1. The summed E-state index contributed by atoms with van der Waals surface area (Å²) in [5.41, 5.74) is 5.73. The van der Waals surface area contributed by atoms with Crippen molar-refractivity contribution in [3.8, 4) is 5.95 Å². The molecule has 106 valence electrons. The van der Waals surface area contributed by atoms with Gasteiger partial charge in [0.25, 0.3) is 0 Å². The molecule has 1 fully saturated rings. The molecule has 20 heavy (non-hydrogen) atoms. The van der Waals surface area contributed by atoms with Crippen LogP contribution < -0.4 is 11.1 Å². The lowest BCUT2D eigenvalue weighted by atomic mass is 10.2. The molecule has 1 saturated heterocycles. The molecule has 3 heterocycles. The van der Waals surface area contributed by atoms with Gasteiger partial charge in [-0.15, -0.1) is 0 Å². The Morgan fingerprint density at radius 2 is 2.30 bits per heavy atom. The van der Waals surface area contributed by atoms with Crippen molar-refractivity contribution in [2.45, 2.75) is 24.5 Å². The minimum absolute atomic E-state index is 0.211. The van der Waals surface area contributed by atoms with E-state index in [1.54, 1.807) is 23.3 Å². The molecule has 3 rings (SSSR count). The molecule has 0 radical (unpaired) electrons. The Hall–Kier alpha value is -1.83. The summed E-state index contributed by atoms with van der Waals surface area (Å²) in [7, 11) is 0. The predicted molar refractivity (Wildman–Crippen MR) is 79.9 cm³/mol. The Morgan fingerprint density at radius 3 is 3.05 bits per heavy atom. The van der Waals surface area contributed by atoms with Gasteiger partial charge in [0, 0.05) is 24.2 Å². The summed E-state index contributed by atoms with van der Waals surface area (Å²) < 4.78 is 1.71. The van der Waals surface area contributed by atoms with Crippen molar-refractivity contribution in [3.63, 3.8) is 0 Å². The van der Waals surface area contributed by atoms with Crippen molar-refractivity contribution >= 4 is 23.7 Å². The average molecular weight is 291 g/mol. The molecule has 0 bridgehead atoms. The van der Waals surface area contributed by atoms with E-state index in [9.17, 15) is 0 Å². The van der Waals surface area contributed by atoms with Gasteiger partial charge in [0.2, 0.25) is 17.8 Å². The highest BCUT2D eigenvalue weighted by atomic mass is 32.2. The highest BCUT2D eigenvalue weighted by Gasteiger charge is 2.14. The van der Waals surface area contributed by atoms with Gasteiger partial charge in [0.1, 0.15) is 6.33 Å². The summed E-state index contributed by atoms with van der Waals surface area (Å²) in [5.74, 6) is 2.45. The SMILES string of the molecule is Nc1nc(NCC2CCCCS2)nc(-n2ccnc2)n1. The van der Waals surface area contributed by atoms with E-state index >= 15 is 0 Å². The van der Waals surface area contributed by atoms with Gasteiger partial charge >= 0.3 is 0 Å². The fourth-order valence-electron chi connectivity index (χ4n) is 2.13. The third-order valence-corrected chi connectivity index (χ3v) is 4.54. The first-order valence-corrected chi connectivity index (χ1v) is 7.71. The number of anilines is 2. The van der Waals surface area contributed by atoms with E-state index in [0.717, 1.165) is 6.54 Å². The highest BCUT2D eigenvalue weighted by Crippen LogP contribution is 2.24. The molecule has 0 aromatic carbocycles.